The molecule has 0 saturated carbocycles. The molecule has 3 aromatic heterocycles. The molecular formula is C46H33N3O4. The van der Waals surface area contributed by atoms with E-state index in [0.717, 1.165) is 73.3 Å². The van der Waals surface area contributed by atoms with E-state index in [1.54, 1.807) is 12.4 Å². The predicted octanol–water partition coefficient (Wildman–Crippen LogP) is 10.5. The van der Waals surface area contributed by atoms with Crippen molar-refractivity contribution in [2.24, 2.45) is 0 Å². The highest BCUT2D eigenvalue weighted by Crippen LogP contribution is 2.36. The first-order valence-corrected chi connectivity index (χ1v) is 17.7. The lowest BCUT2D eigenvalue weighted by molar-refractivity contribution is 0.563. The van der Waals surface area contributed by atoms with Crippen LogP contribution in [0.15, 0.2) is 158 Å². The van der Waals surface area contributed by atoms with Crippen molar-refractivity contribution in [1.29, 1.82) is 0 Å². The highest BCUT2D eigenvalue weighted by molar-refractivity contribution is 6.23. The van der Waals surface area contributed by atoms with Gasteiger partial charge in [-0.2, -0.15) is 0 Å². The number of hydrogen-bond acceptors (Lipinski definition) is 7. The molecule has 256 valence electrons. The molecule has 0 aliphatic carbocycles. The fourth-order valence-corrected chi connectivity index (χ4v) is 7.36. The van der Waals surface area contributed by atoms with Gasteiger partial charge in [0.2, 0.25) is 0 Å². The second-order valence-electron chi connectivity index (χ2n) is 13.1. The number of benzene rings is 6. The molecule has 7 heteroatoms. The summed E-state index contributed by atoms with van der Waals surface area (Å²) in [6.45, 7) is 5.94. The molecule has 0 unspecified atom stereocenters. The summed E-state index contributed by atoms with van der Waals surface area (Å²) in [6, 6.07) is 41.4. The van der Waals surface area contributed by atoms with Gasteiger partial charge in [-0.3, -0.25) is 4.98 Å². The quantitative estimate of drug-likeness (QED) is 0.121. The zero-order chi connectivity index (χ0) is 36.1. The van der Waals surface area contributed by atoms with Gasteiger partial charge in [0.25, 0.3) is 0 Å². The van der Waals surface area contributed by atoms with Crippen LogP contribution in [0.25, 0.3) is 88.3 Å². The van der Waals surface area contributed by atoms with Gasteiger partial charge in [-0.15, -0.1) is 0 Å². The predicted molar refractivity (Wildman–Crippen MR) is 214 cm³/mol. The molecule has 0 aliphatic rings. The van der Waals surface area contributed by atoms with E-state index in [9.17, 15) is 9.59 Å². The highest BCUT2D eigenvalue weighted by Gasteiger charge is 2.16. The van der Waals surface area contributed by atoms with E-state index < -0.39 is 11.3 Å². The Morgan fingerprint density at radius 2 is 1.08 bits per heavy atom. The van der Waals surface area contributed by atoms with Crippen LogP contribution in [0.1, 0.15) is 13.8 Å². The van der Waals surface area contributed by atoms with Crippen LogP contribution in [0.5, 0.6) is 0 Å². The Labute approximate surface area is 304 Å². The Morgan fingerprint density at radius 3 is 1.72 bits per heavy atom. The number of hydrogen-bond donors (Lipinski definition) is 0. The molecule has 3 heterocycles. The van der Waals surface area contributed by atoms with Crippen LogP contribution in [0.3, 0.4) is 0 Å². The standard InChI is InChI=1S/C46H33N3O4/c1-3-49(4-2)33-20-19-32-23-38(45(50)52-43(32)24-33)28-11-9-13-30(21-28)41-26-47-27-42(48-41)31-14-10-12-29(22-31)39-25-40-36-17-6-5-15-34(36)35-16-7-8-18-37(35)44(40)53-46(39)51/h5-27H,3-4H2,1-2H3. The Bertz CT molecular complexity index is 3000. The second-order valence-corrected chi connectivity index (χ2v) is 13.1. The van der Waals surface area contributed by atoms with Crippen LogP contribution in [-0.2, 0) is 0 Å². The number of aromatic nitrogens is 2. The lowest BCUT2D eigenvalue weighted by atomic mass is 9.96. The molecule has 0 fully saturated rings. The molecule has 6 aromatic carbocycles. The van der Waals surface area contributed by atoms with E-state index >= 15 is 0 Å². The van der Waals surface area contributed by atoms with Gasteiger partial charge in [0.05, 0.1) is 34.9 Å². The van der Waals surface area contributed by atoms with Crippen molar-refractivity contribution < 1.29 is 8.83 Å². The van der Waals surface area contributed by atoms with Gasteiger partial charge in [0.15, 0.2) is 0 Å². The van der Waals surface area contributed by atoms with Crippen molar-refractivity contribution in [2.45, 2.75) is 13.8 Å². The van der Waals surface area contributed by atoms with Gasteiger partial charge in [0.1, 0.15) is 11.2 Å². The maximum absolute atomic E-state index is 13.6. The van der Waals surface area contributed by atoms with E-state index in [0.29, 0.717) is 33.7 Å². The van der Waals surface area contributed by atoms with E-state index in [-0.39, 0.29) is 0 Å². The second kappa shape index (κ2) is 13.0. The van der Waals surface area contributed by atoms with Crippen molar-refractivity contribution in [1.82, 2.24) is 9.97 Å². The van der Waals surface area contributed by atoms with E-state index in [1.165, 1.54) is 0 Å². The minimum Gasteiger partial charge on any atom is -0.422 e. The third kappa shape index (κ3) is 5.63. The molecule has 0 N–H and O–H groups in total. The van der Waals surface area contributed by atoms with Crippen molar-refractivity contribution in [3.8, 4) is 44.8 Å². The van der Waals surface area contributed by atoms with Gasteiger partial charge in [0, 0.05) is 52.1 Å². The number of nitrogens with zero attached hydrogens (tertiary/aromatic N) is 3. The maximum atomic E-state index is 13.6. The van der Waals surface area contributed by atoms with Gasteiger partial charge >= 0.3 is 11.3 Å². The van der Waals surface area contributed by atoms with Gasteiger partial charge in [-0.05, 0) is 77.5 Å². The largest absolute Gasteiger partial charge is 0.422 e. The molecule has 0 saturated heterocycles. The summed E-state index contributed by atoms with van der Waals surface area (Å²) in [7, 11) is 0. The molecule has 0 radical (unpaired) electrons. The first kappa shape index (κ1) is 32.1. The zero-order valence-corrected chi connectivity index (χ0v) is 29.2. The molecule has 0 bridgehead atoms. The molecule has 0 atom stereocenters. The average molecular weight is 692 g/mol. The lowest BCUT2D eigenvalue weighted by Crippen LogP contribution is -2.21. The van der Waals surface area contributed by atoms with E-state index in [1.807, 2.05) is 103 Å². The van der Waals surface area contributed by atoms with Crippen LogP contribution in [-0.4, -0.2) is 23.1 Å². The van der Waals surface area contributed by atoms with Gasteiger partial charge in [-0.1, -0.05) is 84.9 Å². The monoisotopic (exact) mass is 691 g/mol. The molecule has 9 rings (SSSR count). The molecule has 7 nitrogen and oxygen atoms in total. The average Bonchev–Trinajstić information content (AvgIpc) is 3.21. The van der Waals surface area contributed by atoms with Crippen molar-refractivity contribution in [3.63, 3.8) is 0 Å². The third-order valence-corrected chi connectivity index (χ3v) is 10.0. The topological polar surface area (TPSA) is 89.4 Å². The van der Waals surface area contributed by atoms with Crippen molar-refractivity contribution in [2.75, 3.05) is 18.0 Å². The lowest BCUT2D eigenvalue weighted by Gasteiger charge is -2.21. The summed E-state index contributed by atoms with van der Waals surface area (Å²) >= 11 is 0. The first-order valence-electron chi connectivity index (χ1n) is 17.7. The van der Waals surface area contributed by atoms with E-state index in [2.05, 4.69) is 48.0 Å². The molecule has 0 amide bonds. The molecule has 0 spiro atoms. The van der Waals surface area contributed by atoms with Crippen molar-refractivity contribution >= 4 is 49.2 Å². The van der Waals surface area contributed by atoms with Gasteiger partial charge < -0.3 is 13.7 Å². The Balaban J connectivity index is 1.08. The molecule has 53 heavy (non-hydrogen) atoms. The molecule has 9 aromatic rings. The fraction of sp³-hybridized carbons (Fsp3) is 0.0870. The van der Waals surface area contributed by atoms with Crippen LogP contribution in [0.2, 0.25) is 0 Å². The molecule has 0 aliphatic heterocycles. The normalized spacial score (nSPS) is 11.5. The third-order valence-electron chi connectivity index (χ3n) is 10.0. The Kier molecular flexibility index (Phi) is 7.89. The van der Waals surface area contributed by atoms with Crippen LogP contribution >= 0.6 is 0 Å². The Morgan fingerprint density at radius 1 is 0.528 bits per heavy atom. The maximum Gasteiger partial charge on any atom is 0.344 e. The summed E-state index contributed by atoms with van der Waals surface area (Å²) in [5.41, 5.74) is 6.63. The summed E-state index contributed by atoms with van der Waals surface area (Å²) in [5, 5.41) is 5.80. The number of rotatable bonds is 7. The SMILES string of the molecule is CCN(CC)c1ccc2cc(-c3cccc(-c4cncc(-c5cccc(-c6cc7c8ccccc8c8ccccc8c7oc6=O)c5)n4)c3)c(=O)oc2c1. The first-order chi connectivity index (χ1) is 26.0. The summed E-state index contributed by atoms with van der Waals surface area (Å²) in [6.07, 6.45) is 3.41. The van der Waals surface area contributed by atoms with E-state index in [4.69, 9.17) is 13.8 Å². The zero-order valence-electron chi connectivity index (χ0n) is 29.2. The summed E-state index contributed by atoms with van der Waals surface area (Å²) in [5.74, 6) is 0. The van der Waals surface area contributed by atoms with Crippen molar-refractivity contribution in [3.05, 3.63) is 161 Å². The Hall–Kier alpha value is -6.86. The fourth-order valence-electron chi connectivity index (χ4n) is 7.36. The number of anilines is 1. The highest BCUT2D eigenvalue weighted by atomic mass is 16.4. The van der Waals surface area contributed by atoms with Crippen LogP contribution in [0, 0.1) is 0 Å². The summed E-state index contributed by atoms with van der Waals surface area (Å²) in [4.78, 5) is 38.6. The van der Waals surface area contributed by atoms with Gasteiger partial charge in [-0.25, -0.2) is 14.6 Å². The van der Waals surface area contributed by atoms with Crippen LogP contribution in [0.4, 0.5) is 5.69 Å². The van der Waals surface area contributed by atoms with Crippen LogP contribution < -0.4 is 16.2 Å². The smallest absolute Gasteiger partial charge is 0.344 e. The molecular weight excluding hydrogens is 659 g/mol. The number of fused-ring (bicyclic) bond motifs is 7. The summed E-state index contributed by atoms with van der Waals surface area (Å²) < 4.78 is 11.9. The minimum absolute atomic E-state index is 0.401. The minimum atomic E-state index is -0.408.